The molecule has 0 aliphatic heterocycles. The van der Waals surface area contributed by atoms with Gasteiger partial charge in [-0.15, -0.1) is 0 Å². The second kappa shape index (κ2) is 8.53. The van der Waals surface area contributed by atoms with Gasteiger partial charge in [-0.05, 0) is 30.7 Å². The molecule has 0 radical (unpaired) electrons. The molecule has 0 bridgehead atoms. The summed E-state index contributed by atoms with van der Waals surface area (Å²) < 4.78 is 30.3. The van der Waals surface area contributed by atoms with Crippen molar-refractivity contribution in [3.05, 3.63) is 58.6 Å². The van der Waals surface area contributed by atoms with Crippen LogP contribution in [-0.4, -0.2) is 38.5 Å². The number of hydrogen-bond acceptors (Lipinski definition) is 4. The molecular formula is C18H21ClN2O4S. The van der Waals surface area contributed by atoms with Gasteiger partial charge < -0.3 is 10.1 Å². The van der Waals surface area contributed by atoms with Gasteiger partial charge in [-0.1, -0.05) is 41.4 Å². The maximum Gasteiger partial charge on any atom is 0.239 e. The lowest BCUT2D eigenvalue weighted by Crippen LogP contribution is -2.36. The summed E-state index contributed by atoms with van der Waals surface area (Å²) in [6.45, 7) is 1.75. The number of halogens is 1. The van der Waals surface area contributed by atoms with Crippen LogP contribution in [0.5, 0.6) is 5.75 Å². The van der Waals surface area contributed by atoms with Crippen LogP contribution >= 0.6 is 11.6 Å². The Morgan fingerprint density at radius 3 is 2.54 bits per heavy atom. The Kier molecular flexibility index (Phi) is 6.63. The largest absolute Gasteiger partial charge is 0.495 e. The van der Waals surface area contributed by atoms with Crippen molar-refractivity contribution in [3.8, 4) is 5.75 Å². The SMILES string of the molecule is COc1ccc(NC(=O)CN(Cc2cccc(C)c2)S(C)(=O)=O)cc1Cl. The first-order valence-corrected chi connectivity index (χ1v) is 10.1. The Morgan fingerprint density at radius 1 is 1.23 bits per heavy atom. The standard InChI is InChI=1S/C18H21ClN2O4S/c1-13-5-4-6-14(9-13)11-21(26(3,23)24)12-18(22)20-15-7-8-17(25-2)16(19)10-15/h4-10H,11-12H2,1-3H3,(H,20,22). The Hall–Kier alpha value is -2.09. The van der Waals surface area contributed by atoms with E-state index in [-0.39, 0.29) is 13.1 Å². The number of carbonyl (C=O) groups is 1. The van der Waals surface area contributed by atoms with Gasteiger partial charge in [0.2, 0.25) is 15.9 Å². The van der Waals surface area contributed by atoms with Crippen molar-refractivity contribution in [1.29, 1.82) is 0 Å². The molecule has 2 aromatic rings. The molecule has 0 atom stereocenters. The molecule has 0 unspecified atom stereocenters. The summed E-state index contributed by atoms with van der Waals surface area (Å²) in [5, 5.41) is 3.00. The molecule has 0 saturated carbocycles. The van der Waals surface area contributed by atoms with Gasteiger partial charge in [0, 0.05) is 12.2 Å². The zero-order valence-corrected chi connectivity index (χ0v) is 16.4. The number of aryl methyl sites for hydroxylation is 1. The predicted octanol–water partition coefficient (Wildman–Crippen LogP) is 3.06. The van der Waals surface area contributed by atoms with Crippen LogP contribution in [0, 0.1) is 6.92 Å². The molecule has 140 valence electrons. The molecule has 2 rings (SSSR count). The number of anilines is 1. The molecule has 26 heavy (non-hydrogen) atoms. The summed E-state index contributed by atoms with van der Waals surface area (Å²) in [7, 11) is -2.06. The molecule has 0 aromatic heterocycles. The first-order valence-electron chi connectivity index (χ1n) is 7.83. The third kappa shape index (κ3) is 5.72. The summed E-state index contributed by atoms with van der Waals surface area (Å²) in [6, 6.07) is 12.3. The summed E-state index contributed by atoms with van der Waals surface area (Å²) >= 11 is 6.03. The molecule has 0 saturated heterocycles. The van der Waals surface area contributed by atoms with Crippen LogP contribution < -0.4 is 10.1 Å². The minimum Gasteiger partial charge on any atom is -0.495 e. The van der Waals surface area contributed by atoms with E-state index in [1.54, 1.807) is 18.2 Å². The molecule has 2 aromatic carbocycles. The zero-order valence-electron chi connectivity index (χ0n) is 14.8. The van der Waals surface area contributed by atoms with Crippen LogP contribution in [0.1, 0.15) is 11.1 Å². The van der Waals surface area contributed by atoms with E-state index in [1.165, 1.54) is 7.11 Å². The highest BCUT2D eigenvalue weighted by atomic mass is 35.5. The lowest BCUT2D eigenvalue weighted by molar-refractivity contribution is -0.116. The molecule has 0 aliphatic carbocycles. The average molecular weight is 397 g/mol. The van der Waals surface area contributed by atoms with Gasteiger partial charge in [0.25, 0.3) is 0 Å². The number of benzene rings is 2. The fourth-order valence-electron chi connectivity index (χ4n) is 2.41. The van der Waals surface area contributed by atoms with Crippen LogP contribution in [0.3, 0.4) is 0 Å². The van der Waals surface area contributed by atoms with E-state index in [0.29, 0.717) is 16.5 Å². The lowest BCUT2D eigenvalue weighted by Gasteiger charge is -2.20. The van der Waals surface area contributed by atoms with E-state index in [4.69, 9.17) is 16.3 Å². The summed E-state index contributed by atoms with van der Waals surface area (Å²) in [5.41, 5.74) is 2.30. The van der Waals surface area contributed by atoms with Gasteiger partial charge >= 0.3 is 0 Å². The maximum atomic E-state index is 12.3. The Labute approximate surface area is 158 Å². The van der Waals surface area contributed by atoms with Gasteiger partial charge in [0.05, 0.1) is 24.9 Å². The highest BCUT2D eigenvalue weighted by molar-refractivity contribution is 7.88. The lowest BCUT2D eigenvalue weighted by atomic mass is 10.1. The van der Waals surface area contributed by atoms with E-state index in [2.05, 4.69) is 5.32 Å². The molecule has 8 heteroatoms. The van der Waals surface area contributed by atoms with Crippen molar-refractivity contribution in [3.63, 3.8) is 0 Å². The van der Waals surface area contributed by atoms with Crippen LogP contribution in [-0.2, 0) is 21.4 Å². The molecule has 6 nitrogen and oxygen atoms in total. The van der Waals surface area contributed by atoms with Crippen LogP contribution in [0.25, 0.3) is 0 Å². The number of nitrogens with zero attached hydrogens (tertiary/aromatic N) is 1. The number of sulfonamides is 1. The number of nitrogens with one attached hydrogen (secondary N) is 1. The van der Waals surface area contributed by atoms with E-state index in [9.17, 15) is 13.2 Å². The van der Waals surface area contributed by atoms with Crippen LogP contribution in [0.4, 0.5) is 5.69 Å². The number of rotatable bonds is 7. The molecule has 0 aliphatic rings. The van der Waals surface area contributed by atoms with Crippen molar-refractivity contribution >= 4 is 33.2 Å². The number of ether oxygens (including phenoxy) is 1. The van der Waals surface area contributed by atoms with Crippen molar-refractivity contribution in [2.24, 2.45) is 0 Å². The normalized spacial score (nSPS) is 11.4. The fourth-order valence-corrected chi connectivity index (χ4v) is 3.40. The summed E-state index contributed by atoms with van der Waals surface area (Å²) in [6.07, 6.45) is 1.08. The first kappa shape index (κ1) is 20.2. The van der Waals surface area contributed by atoms with Gasteiger partial charge in [-0.3, -0.25) is 4.79 Å². The van der Waals surface area contributed by atoms with E-state index in [0.717, 1.165) is 21.7 Å². The average Bonchev–Trinajstić information content (AvgIpc) is 2.53. The smallest absolute Gasteiger partial charge is 0.239 e. The molecule has 0 fully saturated rings. The van der Waals surface area contributed by atoms with Crippen molar-refractivity contribution in [2.75, 3.05) is 25.2 Å². The molecular weight excluding hydrogens is 376 g/mol. The van der Waals surface area contributed by atoms with E-state index in [1.807, 2.05) is 31.2 Å². The number of carbonyl (C=O) groups excluding carboxylic acids is 1. The predicted molar refractivity (Wildman–Crippen MR) is 103 cm³/mol. The third-order valence-corrected chi connectivity index (χ3v) is 5.16. The maximum absolute atomic E-state index is 12.3. The Morgan fingerprint density at radius 2 is 1.96 bits per heavy atom. The first-order chi connectivity index (χ1) is 12.2. The monoisotopic (exact) mass is 396 g/mol. The molecule has 0 heterocycles. The minimum absolute atomic E-state index is 0.122. The van der Waals surface area contributed by atoms with Crippen molar-refractivity contribution < 1.29 is 17.9 Å². The van der Waals surface area contributed by atoms with Crippen molar-refractivity contribution in [2.45, 2.75) is 13.5 Å². The highest BCUT2D eigenvalue weighted by Gasteiger charge is 2.21. The minimum atomic E-state index is -3.56. The number of amides is 1. The summed E-state index contributed by atoms with van der Waals surface area (Å²) in [4.78, 5) is 12.3. The van der Waals surface area contributed by atoms with Gasteiger partial charge in [-0.25, -0.2) is 8.42 Å². The van der Waals surface area contributed by atoms with E-state index >= 15 is 0 Å². The van der Waals surface area contributed by atoms with Gasteiger partial charge in [-0.2, -0.15) is 4.31 Å². The summed E-state index contributed by atoms with van der Waals surface area (Å²) in [5.74, 6) is 0.0335. The zero-order chi connectivity index (χ0) is 19.3. The van der Waals surface area contributed by atoms with Gasteiger partial charge in [0.15, 0.2) is 0 Å². The second-order valence-electron chi connectivity index (χ2n) is 5.92. The molecule has 1 amide bonds. The number of methoxy groups -OCH3 is 1. The molecule has 1 N–H and O–H groups in total. The van der Waals surface area contributed by atoms with E-state index < -0.39 is 15.9 Å². The highest BCUT2D eigenvalue weighted by Crippen LogP contribution is 2.27. The second-order valence-corrected chi connectivity index (χ2v) is 8.31. The topological polar surface area (TPSA) is 75.7 Å². The van der Waals surface area contributed by atoms with Crippen LogP contribution in [0.2, 0.25) is 5.02 Å². The van der Waals surface area contributed by atoms with Gasteiger partial charge in [0.1, 0.15) is 5.75 Å². The fraction of sp³-hybridized carbons (Fsp3) is 0.278. The quantitative estimate of drug-likeness (QED) is 0.780. The Balaban J connectivity index is 2.10. The Bertz CT molecular complexity index is 900. The van der Waals surface area contributed by atoms with Crippen molar-refractivity contribution in [1.82, 2.24) is 4.31 Å². The third-order valence-electron chi connectivity index (χ3n) is 3.67. The number of hydrogen-bond donors (Lipinski definition) is 1. The molecule has 0 spiro atoms. The van der Waals surface area contributed by atoms with Crippen LogP contribution in [0.15, 0.2) is 42.5 Å².